The van der Waals surface area contributed by atoms with Gasteiger partial charge in [0, 0.05) is 35.9 Å². The number of hydrogen-bond donors (Lipinski definition) is 0. The van der Waals surface area contributed by atoms with E-state index in [1.54, 1.807) is 29.2 Å². The largest absolute Gasteiger partial charge is 0.452 e. The highest BCUT2D eigenvalue weighted by Gasteiger charge is 2.19. The van der Waals surface area contributed by atoms with Gasteiger partial charge in [-0.05, 0) is 50.5 Å². The molecule has 3 rings (SSSR count). The van der Waals surface area contributed by atoms with Gasteiger partial charge in [0.1, 0.15) is 5.76 Å². The Labute approximate surface area is 170 Å². The molecular formula is C22H27N3O4. The number of ether oxygens (including phenoxy) is 1. The molecule has 0 aromatic carbocycles. The molecule has 3 heterocycles. The molecule has 0 bridgehead atoms. The van der Waals surface area contributed by atoms with Crippen LogP contribution in [0.1, 0.15) is 58.3 Å². The van der Waals surface area contributed by atoms with Crippen LogP contribution in [0.25, 0.3) is 0 Å². The normalized spacial score (nSPS) is 11.2. The van der Waals surface area contributed by atoms with Gasteiger partial charge in [-0.15, -0.1) is 0 Å². The quantitative estimate of drug-likeness (QED) is 0.402. The Hall–Kier alpha value is -3.09. The number of aromatic nitrogens is 3. The van der Waals surface area contributed by atoms with E-state index in [-0.39, 0.29) is 18.2 Å². The summed E-state index contributed by atoms with van der Waals surface area (Å²) in [4.78, 5) is 24.8. The number of Topliss-reactive ketones (excluding diaryl/α,β-unsaturated/α-hetero) is 1. The minimum Gasteiger partial charge on any atom is -0.452 e. The summed E-state index contributed by atoms with van der Waals surface area (Å²) in [5, 5.41) is 4.09. The van der Waals surface area contributed by atoms with Crippen molar-refractivity contribution < 1.29 is 18.7 Å². The first-order valence-corrected chi connectivity index (χ1v) is 9.78. The van der Waals surface area contributed by atoms with E-state index in [0.29, 0.717) is 23.8 Å². The van der Waals surface area contributed by atoms with Crippen LogP contribution in [-0.4, -0.2) is 32.7 Å². The van der Waals surface area contributed by atoms with Crippen LogP contribution < -0.4 is 0 Å². The van der Waals surface area contributed by atoms with Crippen molar-refractivity contribution in [3.8, 4) is 0 Å². The molecular weight excluding hydrogens is 370 g/mol. The van der Waals surface area contributed by atoms with Gasteiger partial charge in [-0.3, -0.25) is 9.48 Å². The zero-order valence-electron chi connectivity index (χ0n) is 17.3. The van der Waals surface area contributed by atoms with Gasteiger partial charge >= 0.3 is 5.97 Å². The van der Waals surface area contributed by atoms with Gasteiger partial charge in [-0.1, -0.05) is 13.8 Å². The van der Waals surface area contributed by atoms with Crippen LogP contribution >= 0.6 is 0 Å². The monoisotopic (exact) mass is 397 g/mol. The van der Waals surface area contributed by atoms with Crippen LogP contribution in [0.15, 0.2) is 41.1 Å². The SMILES string of the molecule is Cc1cc(C(=O)COC(=O)c2ccc(Cn3cccn3)o2)c(C)n1CCC(C)C. The van der Waals surface area contributed by atoms with Crippen LogP contribution in [-0.2, 0) is 17.8 Å². The van der Waals surface area contributed by atoms with E-state index in [1.165, 1.54) is 0 Å². The highest BCUT2D eigenvalue weighted by Crippen LogP contribution is 2.18. The fraction of sp³-hybridized carbons (Fsp3) is 0.409. The lowest BCUT2D eigenvalue weighted by Crippen LogP contribution is -2.15. The summed E-state index contributed by atoms with van der Waals surface area (Å²) >= 11 is 0. The molecule has 0 aliphatic heterocycles. The lowest BCUT2D eigenvalue weighted by molar-refractivity contribution is 0.0442. The molecule has 0 saturated carbocycles. The lowest BCUT2D eigenvalue weighted by atomic mass is 10.1. The number of nitrogens with zero attached hydrogens (tertiary/aromatic N) is 3. The van der Waals surface area contributed by atoms with Crippen LogP contribution in [0.2, 0.25) is 0 Å². The number of rotatable bonds is 9. The van der Waals surface area contributed by atoms with E-state index >= 15 is 0 Å². The molecule has 0 aliphatic carbocycles. The molecule has 0 unspecified atom stereocenters. The zero-order valence-corrected chi connectivity index (χ0v) is 17.3. The summed E-state index contributed by atoms with van der Waals surface area (Å²) in [7, 11) is 0. The first kappa shape index (κ1) is 20.6. The first-order chi connectivity index (χ1) is 13.8. The topological polar surface area (TPSA) is 79.3 Å². The van der Waals surface area contributed by atoms with Gasteiger partial charge in [-0.2, -0.15) is 5.10 Å². The summed E-state index contributed by atoms with van der Waals surface area (Å²) in [5.74, 6) is 0.370. The molecule has 7 nitrogen and oxygen atoms in total. The van der Waals surface area contributed by atoms with Crippen LogP contribution in [0.4, 0.5) is 0 Å². The molecule has 0 amide bonds. The van der Waals surface area contributed by atoms with Gasteiger partial charge in [0.15, 0.2) is 6.61 Å². The maximum Gasteiger partial charge on any atom is 0.374 e. The standard InChI is InChI=1S/C22H27N3O4/c1-15(2)8-11-25-16(3)12-19(17(25)4)20(26)14-28-22(27)21-7-6-18(29-21)13-24-10-5-9-23-24/h5-7,9-10,12,15H,8,11,13-14H2,1-4H3. The maximum atomic E-state index is 12.6. The molecule has 3 aromatic heterocycles. The number of esters is 1. The average Bonchev–Trinajstić information content (AvgIpc) is 3.40. The molecule has 29 heavy (non-hydrogen) atoms. The Balaban J connectivity index is 1.58. The molecule has 7 heteroatoms. The summed E-state index contributed by atoms with van der Waals surface area (Å²) in [6.45, 7) is 9.23. The molecule has 0 saturated heterocycles. The smallest absolute Gasteiger partial charge is 0.374 e. The van der Waals surface area contributed by atoms with Gasteiger partial charge in [0.2, 0.25) is 11.5 Å². The zero-order chi connectivity index (χ0) is 21.0. The Kier molecular flexibility index (Phi) is 6.36. The summed E-state index contributed by atoms with van der Waals surface area (Å²) < 4.78 is 14.5. The van der Waals surface area contributed by atoms with E-state index in [4.69, 9.17) is 9.15 Å². The summed E-state index contributed by atoms with van der Waals surface area (Å²) in [5.41, 5.74) is 2.54. The van der Waals surface area contributed by atoms with E-state index in [9.17, 15) is 9.59 Å². The predicted molar refractivity (Wildman–Crippen MR) is 108 cm³/mol. The van der Waals surface area contributed by atoms with Crippen molar-refractivity contribution in [2.75, 3.05) is 6.61 Å². The highest BCUT2D eigenvalue weighted by molar-refractivity contribution is 6.00. The van der Waals surface area contributed by atoms with E-state index in [1.807, 2.05) is 26.0 Å². The predicted octanol–water partition coefficient (Wildman–Crippen LogP) is 4.03. The van der Waals surface area contributed by atoms with Crippen LogP contribution in [0.5, 0.6) is 0 Å². The van der Waals surface area contributed by atoms with E-state index < -0.39 is 5.97 Å². The second kappa shape index (κ2) is 8.94. The third-order valence-corrected chi connectivity index (χ3v) is 4.88. The van der Waals surface area contributed by atoms with Crippen LogP contribution in [0, 0.1) is 19.8 Å². The van der Waals surface area contributed by atoms with Crippen molar-refractivity contribution in [1.82, 2.24) is 14.3 Å². The van der Waals surface area contributed by atoms with Gasteiger partial charge in [0.05, 0.1) is 6.54 Å². The van der Waals surface area contributed by atoms with Crippen LogP contribution in [0.3, 0.4) is 0 Å². The average molecular weight is 397 g/mol. The third kappa shape index (κ3) is 5.04. The van der Waals surface area contributed by atoms with Gasteiger partial charge in [0.25, 0.3) is 0 Å². The van der Waals surface area contributed by atoms with Gasteiger partial charge in [-0.25, -0.2) is 4.79 Å². The fourth-order valence-corrected chi connectivity index (χ4v) is 3.22. The minimum atomic E-state index is -0.654. The number of hydrogen-bond acceptors (Lipinski definition) is 5. The fourth-order valence-electron chi connectivity index (χ4n) is 3.22. The molecule has 154 valence electrons. The third-order valence-electron chi connectivity index (χ3n) is 4.88. The Morgan fingerprint density at radius 2 is 2.03 bits per heavy atom. The highest BCUT2D eigenvalue weighted by atomic mass is 16.5. The van der Waals surface area contributed by atoms with Crippen molar-refractivity contribution in [2.24, 2.45) is 5.92 Å². The Morgan fingerprint density at radius 3 is 2.72 bits per heavy atom. The van der Waals surface area contributed by atoms with Crippen molar-refractivity contribution in [3.05, 3.63) is 65.1 Å². The van der Waals surface area contributed by atoms with Crippen molar-refractivity contribution >= 4 is 11.8 Å². The number of furan rings is 1. The molecule has 0 radical (unpaired) electrons. The summed E-state index contributed by atoms with van der Waals surface area (Å²) in [6.07, 6.45) is 4.51. The Bertz CT molecular complexity index is 980. The Morgan fingerprint density at radius 1 is 1.24 bits per heavy atom. The number of carbonyl (C=O) groups is 2. The second-order valence-corrected chi connectivity index (χ2v) is 7.59. The van der Waals surface area contributed by atoms with E-state index in [0.717, 1.165) is 24.4 Å². The molecule has 0 aliphatic rings. The number of ketones is 1. The lowest BCUT2D eigenvalue weighted by Gasteiger charge is -2.11. The van der Waals surface area contributed by atoms with Crippen molar-refractivity contribution in [2.45, 2.75) is 47.2 Å². The number of carbonyl (C=O) groups excluding carboxylic acids is 2. The second-order valence-electron chi connectivity index (χ2n) is 7.59. The first-order valence-electron chi connectivity index (χ1n) is 9.78. The molecule has 0 fully saturated rings. The van der Waals surface area contributed by atoms with E-state index in [2.05, 4.69) is 23.5 Å². The van der Waals surface area contributed by atoms with Crippen molar-refractivity contribution in [1.29, 1.82) is 0 Å². The molecule has 3 aromatic rings. The molecule has 0 atom stereocenters. The maximum absolute atomic E-state index is 12.6. The molecule has 0 N–H and O–H groups in total. The number of aryl methyl sites for hydroxylation is 1. The van der Waals surface area contributed by atoms with Gasteiger partial charge < -0.3 is 13.7 Å². The van der Waals surface area contributed by atoms with Crippen molar-refractivity contribution in [3.63, 3.8) is 0 Å². The molecule has 0 spiro atoms. The summed E-state index contributed by atoms with van der Waals surface area (Å²) in [6, 6.07) is 6.91. The minimum absolute atomic E-state index is 0.0716.